The molecule has 2 N–H and O–H groups in total. The van der Waals surface area contributed by atoms with Crippen LogP contribution in [0, 0.1) is 0 Å². The summed E-state index contributed by atoms with van der Waals surface area (Å²) >= 11 is 0. The van der Waals surface area contributed by atoms with Crippen LogP contribution in [0.4, 0.5) is 4.79 Å². The number of nitrogens with one attached hydrogen (secondary N) is 2. The van der Waals surface area contributed by atoms with Gasteiger partial charge in [0.05, 0.1) is 6.67 Å². The number of ether oxygens (including phenoxy) is 2. The van der Waals surface area contributed by atoms with Crippen molar-refractivity contribution in [2.45, 2.75) is 14.4 Å². The molecule has 0 aromatic heterocycles. The predicted molar refractivity (Wildman–Crippen MR) is 46.9 cm³/mol. The van der Waals surface area contributed by atoms with Crippen molar-refractivity contribution in [1.29, 1.82) is 0 Å². The second kappa shape index (κ2) is 8.79. The lowest BCUT2D eigenvalue weighted by atomic mass is 10.7. The normalized spacial score (nSPS) is 8.15. The number of hydrogen-bond acceptors (Lipinski definition) is 4. The lowest BCUT2D eigenvalue weighted by Crippen LogP contribution is -2.36. The first kappa shape index (κ1) is 14.2. The number of rotatable bonds is 4. The molecule has 6 nitrogen and oxygen atoms in total. The summed E-state index contributed by atoms with van der Waals surface area (Å²) in [6.45, 7) is 1.30. The average Bonchev–Trinajstić information content (AvgIpc) is 2.00. The van der Waals surface area contributed by atoms with Gasteiger partial charge in [0.25, 0.3) is 0 Å². The van der Waals surface area contributed by atoms with E-state index in [4.69, 9.17) is 0 Å². The van der Waals surface area contributed by atoms with E-state index in [1.807, 2.05) is 0 Å². The Labute approximate surface area is 77.6 Å². The van der Waals surface area contributed by atoms with Crippen molar-refractivity contribution >= 4 is 12.0 Å². The molecule has 13 heavy (non-hydrogen) atoms. The molecule has 0 aromatic carbocycles. The molecule has 2 amide bonds. The molecule has 0 rings (SSSR count). The lowest BCUT2D eigenvalue weighted by Gasteiger charge is -2.05. The SMILES string of the molecule is C.COCOC(=O)NCNC(C)=O. The number of amides is 2. The Bertz CT molecular complexity index is 161. The van der Waals surface area contributed by atoms with E-state index in [-0.39, 0.29) is 26.8 Å². The lowest BCUT2D eigenvalue weighted by molar-refractivity contribution is -0.119. The first-order chi connectivity index (χ1) is 5.66. The fourth-order valence-electron chi connectivity index (χ4n) is 0.404. The Hall–Kier alpha value is -1.30. The standard InChI is InChI=1S/C6H12N2O4.CH4/c1-5(9)7-3-8-6(10)12-4-11-2;/h3-4H2,1-2H3,(H,7,9)(H,8,10);1H4. The van der Waals surface area contributed by atoms with Crippen LogP contribution in [-0.4, -0.2) is 32.6 Å². The van der Waals surface area contributed by atoms with Crippen LogP contribution in [0.3, 0.4) is 0 Å². The van der Waals surface area contributed by atoms with Crippen molar-refractivity contribution in [3.63, 3.8) is 0 Å². The van der Waals surface area contributed by atoms with Gasteiger partial charge in [-0.2, -0.15) is 0 Å². The van der Waals surface area contributed by atoms with E-state index in [1.54, 1.807) is 0 Å². The van der Waals surface area contributed by atoms with Crippen molar-refractivity contribution in [2.75, 3.05) is 20.6 Å². The third-order valence-corrected chi connectivity index (χ3v) is 0.878. The Balaban J connectivity index is 0. The molecule has 0 atom stereocenters. The van der Waals surface area contributed by atoms with Crippen LogP contribution in [0.5, 0.6) is 0 Å². The maximum absolute atomic E-state index is 10.6. The summed E-state index contributed by atoms with van der Waals surface area (Å²) in [6.07, 6.45) is -0.634. The maximum Gasteiger partial charge on any atom is 0.410 e. The smallest absolute Gasteiger partial charge is 0.410 e. The molecule has 0 saturated heterocycles. The van der Waals surface area contributed by atoms with Gasteiger partial charge in [0.2, 0.25) is 5.91 Å². The topological polar surface area (TPSA) is 76.7 Å². The van der Waals surface area contributed by atoms with Crippen LogP contribution in [0.25, 0.3) is 0 Å². The summed E-state index contributed by atoms with van der Waals surface area (Å²) in [5.74, 6) is -0.220. The monoisotopic (exact) mass is 192 g/mol. The molecule has 0 aliphatic rings. The molecule has 0 saturated carbocycles. The molecule has 0 radical (unpaired) electrons. The number of carbonyl (C=O) groups is 2. The Morgan fingerprint density at radius 2 is 1.92 bits per heavy atom. The zero-order chi connectivity index (χ0) is 9.40. The second-order valence-electron chi connectivity index (χ2n) is 1.92. The van der Waals surface area contributed by atoms with Crippen molar-refractivity contribution in [3.8, 4) is 0 Å². The van der Waals surface area contributed by atoms with Gasteiger partial charge in [-0.1, -0.05) is 7.43 Å². The minimum absolute atomic E-state index is 0. The van der Waals surface area contributed by atoms with Crippen molar-refractivity contribution in [3.05, 3.63) is 0 Å². The maximum atomic E-state index is 10.6. The minimum Gasteiger partial charge on any atom is -0.422 e. The summed E-state index contributed by atoms with van der Waals surface area (Å²) in [5.41, 5.74) is 0. The highest BCUT2D eigenvalue weighted by Gasteiger charge is 1.98. The van der Waals surface area contributed by atoms with E-state index in [0.717, 1.165) is 0 Å². The summed E-state index contributed by atoms with van der Waals surface area (Å²) in [5, 5.41) is 4.64. The zero-order valence-electron chi connectivity index (χ0n) is 7.05. The highest BCUT2D eigenvalue weighted by atomic mass is 16.7. The largest absolute Gasteiger partial charge is 0.422 e. The van der Waals surface area contributed by atoms with Crippen molar-refractivity contribution < 1.29 is 19.1 Å². The van der Waals surface area contributed by atoms with Gasteiger partial charge in [-0.3, -0.25) is 4.79 Å². The first-order valence-corrected chi connectivity index (χ1v) is 3.31. The average molecular weight is 192 g/mol. The van der Waals surface area contributed by atoms with E-state index in [9.17, 15) is 9.59 Å². The highest BCUT2D eigenvalue weighted by Crippen LogP contribution is 1.75. The molecule has 6 heteroatoms. The van der Waals surface area contributed by atoms with E-state index in [1.165, 1.54) is 14.0 Å². The van der Waals surface area contributed by atoms with Gasteiger partial charge in [0.15, 0.2) is 6.79 Å². The third-order valence-electron chi connectivity index (χ3n) is 0.878. The van der Waals surface area contributed by atoms with Crippen LogP contribution < -0.4 is 10.6 Å². The van der Waals surface area contributed by atoms with Crippen LogP contribution in [-0.2, 0) is 14.3 Å². The summed E-state index contributed by atoms with van der Waals surface area (Å²) in [4.78, 5) is 20.9. The molecule has 0 unspecified atom stereocenters. The summed E-state index contributed by atoms with van der Waals surface area (Å²) < 4.78 is 8.92. The molecule has 0 fully saturated rings. The van der Waals surface area contributed by atoms with Gasteiger partial charge in [-0.25, -0.2) is 4.79 Å². The van der Waals surface area contributed by atoms with E-state index in [2.05, 4.69) is 20.1 Å². The summed E-state index contributed by atoms with van der Waals surface area (Å²) in [7, 11) is 1.40. The van der Waals surface area contributed by atoms with Gasteiger partial charge < -0.3 is 20.1 Å². The van der Waals surface area contributed by atoms with E-state index < -0.39 is 6.09 Å². The highest BCUT2D eigenvalue weighted by molar-refractivity contribution is 5.73. The Morgan fingerprint density at radius 1 is 1.31 bits per heavy atom. The van der Waals surface area contributed by atoms with Crippen LogP contribution in [0.2, 0.25) is 0 Å². The van der Waals surface area contributed by atoms with Gasteiger partial charge in [0.1, 0.15) is 0 Å². The van der Waals surface area contributed by atoms with Gasteiger partial charge in [0, 0.05) is 14.0 Å². The molecule has 0 aliphatic heterocycles. The fraction of sp³-hybridized carbons (Fsp3) is 0.714. The Morgan fingerprint density at radius 3 is 2.38 bits per heavy atom. The van der Waals surface area contributed by atoms with Crippen molar-refractivity contribution in [2.24, 2.45) is 0 Å². The first-order valence-electron chi connectivity index (χ1n) is 3.31. The van der Waals surface area contributed by atoms with Gasteiger partial charge in [-0.15, -0.1) is 0 Å². The third kappa shape index (κ3) is 10.7. The zero-order valence-corrected chi connectivity index (χ0v) is 7.05. The molecule has 0 aromatic rings. The predicted octanol–water partition coefficient (Wildman–Crippen LogP) is 0.0462. The molecular weight excluding hydrogens is 176 g/mol. The molecule has 78 valence electrons. The van der Waals surface area contributed by atoms with Gasteiger partial charge in [-0.05, 0) is 0 Å². The van der Waals surface area contributed by atoms with Crippen molar-refractivity contribution in [1.82, 2.24) is 10.6 Å². The summed E-state index contributed by atoms with van der Waals surface area (Å²) in [6, 6.07) is 0. The molecule has 0 spiro atoms. The number of methoxy groups -OCH3 is 1. The van der Waals surface area contributed by atoms with Crippen LogP contribution >= 0.6 is 0 Å². The van der Waals surface area contributed by atoms with E-state index in [0.29, 0.717) is 0 Å². The molecule has 0 aliphatic carbocycles. The number of alkyl carbamates (subject to hydrolysis) is 1. The van der Waals surface area contributed by atoms with Crippen LogP contribution in [0.15, 0.2) is 0 Å². The quantitative estimate of drug-likeness (QED) is 0.617. The molecule has 0 bridgehead atoms. The van der Waals surface area contributed by atoms with E-state index >= 15 is 0 Å². The molecular formula is C7H16N2O4. The number of carbonyl (C=O) groups excluding carboxylic acids is 2. The fourth-order valence-corrected chi connectivity index (χ4v) is 0.404. The number of hydrogen-bond donors (Lipinski definition) is 2. The van der Waals surface area contributed by atoms with Gasteiger partial charge >= 0.3 is 6.09 Å². The van der Waals surface area contributed by atoms with Crippen LogP contribution in [0.1, 0.15) is 14.4 Å². The Kier molecular flexibility index (Phi) is 9.63. The second-order valence-corrected chi connectivity index (χ2v) is 1.92. The molecule has 0 heterocycles. The minimum atomic E-state index is -0.634.